The molecule has 0 aromatic heterocycles. The van der Waals surface area contributed by atoms with Crippen molar-refractivity contribution in [1.82, 2.24) is 5.32 Å². The number of allylic oxidation sites excluding steroid dienone is 1. The molecular weight excluding hydrogens is 210 g/mol. The van der Waals surface area contributed by atoms with Gasteiger partial charge in [-0.1, -0.05) is 24.3 Å². The highest BCUT2D eigenvalue weighted by Gasteiger charge is 2.19. The summed E-state index contributed by atoms with van der Waals surface area (Å²) in [6.45, 7) is 3.23. The van der Waals surface area contributed by atoms with Gasteiger partial charge >= 0.3 is 0 Å². The van der Waals surface area contributed by atoms with Gasteiger partial charge < -0.3 is 10.1 Å². The highest BCUT2D eigenvalue weighted by atomic mass is 16.5. The van der Waals surface area contributed by atoms with Crippen LogP contribution in [0.15, 0.2) is 30.3 Å². The van der Waals surface area contributed by atoms with Crippen LogP contribution in [0.4, 0.5) is 0 Å². The molecule has 1 aliphatic rings. The number of para-hydroxylation sites is 1. The summed E-state index contributed by atoms with van der Waals surface area (Å²) in [7, 11) is 1.72. The molecule has 1 aromatic carbocycles. The predicted octanol–water partition coefficient (Wildman–Crippen LogP) is 3.24. The molecule has 92 valence electrons. The fraction of sp³-hybridized carbons (Fsp3) is 0.467. The van der Waals surface area contributed by atoms with Crippen LogP contribution in [0.1, 0.15) is 31.7 Å². The Kier molecular flexibility index (Phi) is 4.21. The van der Waals surface area contributed by atoms with Gasteiger partial charge in [0.05, 0.1) is 7.11 Å². The molecule has 1 N–H and O–H groups in total. The number of ether oxygens (including phenoxy) is 1. The Labute approximate surface area is 104 Å². The minimum absolute atomic E-state index is 0.801. The maximum absolute atomic E-state index is 5.36. The molecular formula is C15H21NO. The van der Waals surface area contributed by atoms with Crippen LogP contribution in [-0.2, 0) is 0 Å². The fourth-order valence-corrected chi connectivity index (χ4v) is 1.94. The zero-order chi connectivity index (χ0) is 12.1. The van der Waals surface area contributed by atoms with E-state index in [0.717, 1.165) is 24.8 Å². The molecule has 17 heavy (non-hydrogen) atoms. The maximum Gasteiger partial charge on any atom is 0.126 e. The first-order chi connectivity index (χ1) is 8.31. The normalized spacial score (nSPS) is 16.0. The molecule has 2 nitrogen and oxygen atoms in total. The third-order valence-corrected chi connectivity index (χ3v) is 3.14. The minimum atomic E-state index is 0.801. The summed E-state index contributed by atoms with van der Waals surface area (Å²) in [5, 5.41) is 3.52. The summed E-state index contributed by atoms with van der Waals surface area (Å²) in [5.74, 6) is 0.955. The van der Waals surface area contributed by atoms with E-state index in [4.69, 9.17) is 4.74 Å². The molecule has 0 saturated heterocycles. The second kappa shape index (κ2) is 5.87. The number of nitrogens with one attached hydrogen (secondary N) is 1. The molecule has 0 unspecified atom stereocenters. The average molecular weight is 231 g/mol. The first-order valence-electron chi connectivity index (χ1n) is 6.35. The van der Waals surface area contributed by atoms with Crippen LogP contribution in [0.25, 0.3) is 5.57 Å². The molecule has 1 fully saturated rings. The summed E-state index contributed by atoms with van der Waals surface area (Å²) in [6.07, 6.45) is 6.08. The Morgan fingerprint density at radius 3 is 2.88 bits per heavy atom. The average Bonchev–Trinajstić information content (AvgIpc) is 3.18. The smallest absolute Gasteiger partial charge is 0.126 e. The quantitative estimate of drug-likeness (QED) is 0.759. The predicted molar refractivity (Wildman–Crippen MR) is 72.3 cm³/mol. The largest absolute Gasteiger partial charge is 0.496 e. The molecule has 2 heteroatoms. The van der Waals surface area contributed by atoms with Crippen molar-refractivity contribution in [3.8, 4) is 5.75 Å². The summed E-state index contributed by atoms with van der Waals surface area (Å²) in [5.41, 5.74) is 2.49. The second-order valence-corrected chi connectivity index (χ2v) is 4.60. The molecule has 0 heterocycles. The van der Waals surface area contributed by atoms with Crippen molar-refractivity contribution in [2.24, 2.45) is 0 Å². The van der Waals surface area contributed by atoms with E-state index in [1.807, 2.05) is 12.1 Å². The van der Waals surface area contributed by atoms with Crippen LogP contribution in [0.5, 0.6) is 5.75 Å². The van der Waals surface area contributed by atoms with Gasteiger partial charge in [-0.2, -0.15) is 0 Å². The van der Waals surface area contributed by atoms with Gasteiger partial charge in [0.15, 0.2) is 0 Å². The van der Waals surface area contributed by atoms with Gasteiger partial charge in [-0.15, -0.1) is 0 Å². The van der Waals surface area contributed by atoms with Gasteiger partial charge in [-0.25, -0.2) is 0 Å². The zero-order valence-electron chi connectivity index (χ0n) is 10.7. The first kappa shape index (κ1) is 12.2. The van der Waals surface area contributed by atoms with Gasteiger partial charge in [0.25, 0.3) is 0 Å². The van der Waals surface area contributed by atoms with Crippen molar-refractivity contribution >= 4 is 5.57 Å². The van der Waals surface area contributed by atoms with E-state index < -0.39 is 0 Å². The molecule has 0 aliphatic heterocycles. The third-order valence-electron chi connectivity index (χ3n) is 3.14. The Hall–Kier alpha value is -1.28. The van der Waals surface area contributed by atoms with E-state index in [-0.39, 0.29) is 0 Å². The molecule has 0 radical (unpaired) electrons. The molecule has 0 spiro atoms. The lowest BCUT2D eigenvalue weighted by molar-refractivity contribution is 0.413. The molecule has 0 atom stereocenters. The zero-order valence-corrected chi connectivity index (χ0v) is 10.7. The summed E-state index contributed by atoms with van der Waals surface area (Å²) in [6, 6.07) is 8.98. The van der Waals surface area contributed by atoms with E-state index >= 15 is 0 Å². The van der Waals surface area contributed by atoms with Crippen molar-refractivity contribution in [1.29, 1.82) is 0 Å². The topological polar surface area (TPSA) is 21.3 Å². The van der Waals surface area contributed by atoms with Crippen molar-refractivity contribution in [2.45, 2.75) is 32.2 Å². The van der Waals surface area contributed by atoms with Crippen LogP contribution in [0, 0.1) is 0 Å². The Bertz CT molecular complexity index is 394. The molecule has 1 aromatic rings. The summed E-state index contributed by atoms with van der Waals surface area (Å²) in [4.78, 5) is 0. The van der Waals surface area contributed by atoms with E-state index in [1.165, 1.54) is 24.0 Å². The van der Waals surface area contributed by atoms with Gasteiger partial charge in [0, 0.05) is 11.6 Å². The molecule has 1 saturated carbocycles. The van der Waals surface area contributed by atoms with Gasteiger partial charge in [0.1, 0.15) is 5.75 Å². The van der Waals surface area contributed by atoms with Crippen molar-refractivity contribution in [3.63, 3.8) is 0 Å². The highest BCUT2D eigenvalue weighted by molar-refractivity contribution is 5.68. The molecule has 1 aliphatic carbocycles. The van der Waals surface area contributed by atoms with E-state index in [9.17, 15) is 0 Å². The third kappa shape index (κ3) is 3.60. The van der Waals surface area contributed by atoms with Gasteiger partial charge in [-0.3, -0.25) is 0 Å². The van der Waals surface area contributed by atoms with Gasteiger partial charge in [0.2, 0.25) is 0 Å². The Morgan fingerprint density at radius 2 is 2.18 bits per heavy atom. The van der Waals surface area contributed by atoms with E-state index in [1.54, 1.807) is 7.11 Å². The van der Waals surface area contributed by atoms with Crippen LogP contribution in [-0.4, -0.2) is 19.7 Å². The summed E-state index contributed by atoms with van der Waals surface area (Å²) < 4.78 is 5.36. The number of methoxy groups -OCH3 is 1. The molecule has 0 amide bonds. The molecule has 2 rings (SSSR count). The number of benzene rings is 1. The maximum atomic E-state index is 5.36. The number of hydrogen-bond donors (Lipinski definition) is 1. The SMILES string of the molecule is COc1ccccc1C(C)=CCCNC1CC1. The first-order valence-corrected chi connectivity index (χ1v) is 6.35. The van der Waals surface area contributed by atoms with Crippen LogP contribution in [0.3, 0.4) is 0 Å². The van der Waals surface area contributed by atoms with Gasteiger partial charge in [-0.05, 0) is 44.4 Å². The Morgan fingerprint density at radius 1 is 1.41 bits per heavy atom. The number of rotatable bonds is 6. The van der Waals surface area contributed by atoms with Crippen LogP contribution >= 0.6 is 0 Å². The lowest BCUT2D eigenvalue weighted by atomic mass is 10.1. The minimum Gasteiger partial charge on any atom is -0.496 e. The lowest BCUT2D eigenvalue weighted by Crippen LogP contribution is -2.16. The highest BCUT2D eigenvalue weighted by Crippen LogP contribution is 2.25. The lowest BCUT2D eigenvalue weighted by Gasteiger charge is -2.08. The molecule has 0 bridgehead atoms. The standard InChI is InChI=1S/C15H21NO/c1-12(6-5-11-16-13-9-10-13)14-7-3-4-8-15(14)17-2/h3-4,6-8,13,16H,5,9-11H2,1-2H3. The van der Waals surface area contributed by atoms with E-state index in [0.29, 0.717) is 0 Å². The fourth-order valence-electron chi connectivity index (χ4n) is 1.94. The van der Waals surface area contributed by atoms with Crippen molar-refractivity contribution in [3.05, 3.63) is 35.9 Å². The summed E-state index contributed by atoms with van der Waals surface area (Å²) >= 11 is 0. The number of hydrogen-bond acceptors (Lipinski definition) is 2. The van der Waals surface area contributed by atoms with Crippen LogP contribution < -0.4 is 10.1 Å². The van der Waals surface area contributed by atoms with E-state index in [2.05, 4.69) is 30.4 Å². The second-order valence-electron chi connectivity index (χ2n) is 4.60. The van der Waals surface area contributed by atoms with Crippen molar-refractivity contribution in [2.75, 3.05) is 13.7 Å². The van der Waals surface area contributed by atoms with Crippen LogP contribution in [0.2, 0.25) is 0 Å². The monoisotopic (exact) mass is 231 g/mol. The Balaban J connectivity index is 1.91. The van der Waals surface area contributed by atoms with Crippen molar-refractivity contribution < 1.29 is 4.74 Å².